The number of carbonyl (C=O) groups is 1. The summed E-state index contributed by atoms with van der Waals surface area (Å²) >= 11 is 11.8. The number of aromatic nitrogens is 2. The van der Waals surface area contributed by atoms with E-state index in [-0.39, 0.29) is 21.6 Å². The molecule has 1 aliphatic rings. The molecule has 1 aromatic heterocycles. The number of nitrogens with zero attached hydrogens (tertiary/aromatic N) is 3. The molecule has 0 atom stereocenters. The molecule has 0 bridgehead atoms. The van der Waals surface area contributed by atoms with Gasteiger partial charge in [0.05, 0.1) is 40.2 Å². The summed E-state index contributed by atoms with van der Waals surface area (Å²) in [4.78, 5) is 23.1. The standard InChI is InChI=1S/C25H24Cl2F3N5O3/c1-37-20-12-18-15(24(32-13-31-18)34-17-5-4-16(26)22(27)23(17)28)11-19(20)33-21(36)3-2-8-35-9-6-14(7-10-35)38-25(29)30/h2-5,11-14,25H,6-10H2,1H3,(H,33,36)(H,31,32,34)/b3-2+. The lowest BCUT2D eigenvalue weighted by Gasteiger charge is -2.30. The molecule has 13 heteroatoms. The summed E-state index contributed by atoms with van der Waals surface area (Å²) < 4.78 is 49.3. The Labute approximate surface area is 226 Å². The fourth-order valence-electron chi connectivity index (χ4n) is 4.06. The van der Waals surface area contributed by atoms with E-state index in [0.717, 1.165) is 0 Å². The van der Waals surface area contributed by atoms with Gasteiger partial charge in [-0.3, -0.25) is 9.69 Å². The lowest BCUT2D eigenvalue weighted by atomic mass is 10.1. The minimum atomic E-state index is -2.77. The van der Waals surface area contributed by atoms with Crippen LogP contribution in [0.5, 0.6) is 5.75 Å². The maximum atomic E-state index is 14.6. The minimum Gasteiger partial charge on any atom is -0.494 e. The molecule has 1 fully saturated rings. The number of methoxy groups -OCH3 is 1. The summed E-state index contributed by atoms with van der Waals surface area (Å²) in [6.45, 7) is -1.09. The number of benzene rings is 2. The van der Waals surface area contributed by atoms with Crippen molar-refractivity contribution in [1.82, 2.24) is 14.9 Å². The first-order valence-electron chi connectivity index (χ1n) is 11.6. The first kappa shape index (κ1) is 27.9. The van der Waals surface area contributed by atoms with E-state index in [4.69, 9.17) is 27.9 Å². The van der Waals surface area contributed by atoms with E-state index in [1.165, 1.54) is 31.6 Å². The van der Waals surface area contributed by atoms with Gasteiger partial charge in [-0.25, -0.2) is 14.4 Å². The molecule has 2 N–H and O–H groups in total. The molecule has 4 rings (SSSR count). The largest absolute Gasteiger partial charge is 0.494 e. The Balaban J connectivity index is 1.46. The van der Waals surface area contributed by atoms with Gasteiger partial charge in [0.1, 0.15) is 17.9 Å². The highest BCUT2D eigenvalue weighted by Crippen LogP contribution is 2.35. The van der Waals surface area contributed by atoms with Crippen molar-refractivity contribution in [2.45, 2.75) is 25.6 Å². The summed E-state index contributed by atoms with van der Waals surface area (Å²) in [6, 6.07) is 6.13. The molecular formula is C25H24Cl2F3N5O3. The van der Waals surface area contributed by atoms with E-state index in [1.54, 1.807) is 18.2 Å². The molecule has 3 aromatic rings. The molecule has 38 heavy (non-hydrogen) atoms. The molecule has 1 aliphatic heterocycles. The first-order valence-corrected chi connectivity index (χ1v) is 12.4. The summed E-state index contributed by atoms with van der Waals surface area (Å²) in [5.74, 6) is -0.490. The van der Waals surface area contributed by atoms with Gasteiger partial charge in [-0.2, -0.15) is 8.78 Å². The lowest BCUT2D eigenvalue weighted by Crippen LogP contribution is -2.37. The van der Waals surface area contributed by atoms with Crippen LogP contribution >= 0.6 is 23.2 Å². The predicted octanol–water partition coefficient (Wildman–Crippen LogP) is 6.03. The fraction of sp³-hybridized carbons (Fsp3) is 0.320. The van der Waals surface area contributed by atoms with E-state index in [1.807, 2.05) is 4.90 Å². The highest BCUT2D eigenvalue weighted by molar-refractivity contribution is 6.42. The number of hydrogen-bond donors (Lipinski definition) is 2. The van der Waals surface area contributed by atoms with Crippen LogP contribution in [-0.2, 0) is 9.53 Å². The Bertz CT molecular complexity index is 1340. The van der Waals surface area contributed by atoms with Gasteiger partial charge in [-0.15, -0.1) is 0 Å². The molecule has 1 amide bonds. The van der Waals surface area contributed by atoms with Crippen LogP contribution < -0.4 is 15.4 Å². The summed E-state index contributed by atoms with van der Waals surface area (Å²) in [5, 5.41) is 6.01. The number of fused-ring (bicyclic) bond motifs is 1. The van der Waals surface area contributed by atoms with E-state index in [0.29, 0.717) is 54.8 Å². The normalized spacial score (nSPS) is 14.9. The molecule has 2 heterocycles. The number of anilines is 3. The number of nitrogens with one attached hydrogen (secondary N) is 2. The van der Waals surface area contributed by atoms with Crippen LogP contribution in [0.1, 0.15) is 12.8 Å². The van der Waals surface area contributed by atoms with Crippen LogP contribution in [0, 0.1) is 5.82 Å². The van der Waals surface area contributed by atoms with Gasteiger partial charge in [0.15, 0.2) is 5.82 Å². The molecular weight excluding hydrogens is 546 g/mol. The third kappa shape index (κ3) is 6.84. The third-order valence-electron chi connectivity index (χ3n) is 5.97. The third-order valence-corrected chi connectivity index (χ3v) is 6.75. The molecule has 0 aliphatic carbocycles. The first-order chi connectivity index (χ1) is 18.2. The molecule has 1 saturated heterocycles. The quantitative estimate of drug-likeness (QED) is 0.240. The second-order valence-electron chi connectivity index (χ2n) is 8.43. The molecule has 0 unspecified atom stereocenters. The van der Waals surface area contributed by atoms with Gasteiger partial charge >= 0.3 is 6.61 Å². The number of likely N-dealkylation sites (tertiary alicyclic amines) is 1. The van der Waals surface area contributed by atoms with Gasteiger partial charge in [-0.1, -0.05) is 29.3 Å². The molecule has 0 saturated carbocycles. The maximum Gasteiger partial charge on any atom is 0.345 e. The second-order valence-corrected chi connectivity index (χ2v) is 9.21. The number of halogens is 5. The van der Waals surface area contributed by atoms with Crippen molar-refractivity contribution in [3.8, 4) is 5.75 Å². The fourth-order valence-corrected chi connectivity index (χ4v) is 4.37. The van der Waals surface area contributed by atoms with Crippen molar-refractivity contribution < 1.29 is 27.4 Å². The molecule has 8 nitrogen and oxygen atoms in total. The van der Waals surface area contributed by atoms with Gasteiger partial charge in [-0.05, 0) is 31.0 Å². The van der Waals surface area contributed by atoms with Crippen LogP contribution in [0.15, 0.2) is 42.7 Å². The highest BCUT2D eigenvalue weighted by Gasteiger charge is 2.22. The Morgan fingerprint density at radius 1 is 1.21 bits per heavy atom. The zero-order valence-corrected chi connectivity index (χ0v) is 21.7. The van der Waals surface area contributed by atoms with E-state index in [2.05, 4.69) is 25.3 Å². The SMILES string of the molecule is COc1cc2ncnc(Nc3ccc(Cl)c(Cl)c3F)c2cc1NC(=O)/C=C/CN1CCC(OC(F)F)CC1. The highest BCUT2D eigenvalue weighted by atomic mass is 35.5. The molecule has 202 valence electrons. The molecule has 2 aromatic carbocycles. The predicted molar refractivity (Wildman–Crippen MR) is 140 cm³/mol. The average Bonchev–Trinajstić information content (AvgIpc) is 2.89. The van der Waals surface area contributed by atoms with E-state index >= 15 is 0 Å². The molecule has 0 radical (unpaired) electrons. The minimum absolute atomic E-state index is 0.0635. The van der Waals surface area contributed by atoms with Crippen molar-refractivity contribution in [2.75, 3.05) is 37.4 Å². The van der Waals surface area contributed by atoms with Gasteiger partial charge < -0.3 is 20.1 Å². The number of hydrogen-bond acceptors (Lipinski definition) is 7. The second kappa shape index (κ2) is 12.6. The molecule has 0 spiro atoms. The average molecular weight is 570 g/mol. The van der Waals surface area contributed by atoms with E-state index in [9.17, 15) is 18.0 Å². The number of ether oxygens (including phenoxy) is 2. The number of piperidine rings is 1. The summed E-state index contributed by atoms with van der Waals surface area (Å²) in [7, 11) is 1.46. The van der Waals surface area contributed by atoms with Crippen LogP contribution in [0.3, 0.4) is 0 Å². The Kier molecular flexibility index (Phi) is 9.26. The summed E-state index contributed by atoms with van der Waals surface area (Å²) in [6.07, 6.45) is 4.95. The van der Waals surface area contributed by atoms with Crippen molar-refractivity contribution in [1.29, 1.82) is 0 Å². The van der Waals surface area contributed by atoms with Crippen LogP contribution in [-0.4, -0.2) is 60.2 Å². The Hall–Kier alpha value is -3.12. The van der Waals surface area contributed by atoms with Gasteiger partial charge in [0.25, 0.3) is 0 Å². The number of carbonyl (C=O) groups excluding carboxylic acids is 1. The zero-order chi connectivity index (χ0) is 27.2. The number of rotatable bonds is 9. The van der Waals surface area contributed by atoms with Crippen LogP contribution in [0.4, 0.5) is 30.4 Å². The van der Waals surface area contributed by atoms with Crippen molar-refractivity contribution in [3.05, 3.63) is 58.6 Å². The Morgan fingerprint density at radius 2 is 1.97 bits per heavy atom. The maximum absolute atomic E-state index is 14.6. The number of alkyl halides is 2. The topological polar surface area (TPSA) is 88.6 Å². The van der Waals surface area contributed by atoms with Gasteiger partial charge in [0.2, 0.25) is 5.91 Å². The van der Waals surface area contributed by atoms with Crippen LogP contribution in [0.25, 0.3) is 10.9 Å². The Morgan fingerprint density at radius 3 is 2.68 bits per heavy atom. The zero-order valence-electron chi connectivity index (χ0n) is 20.2. The summed E-state index contributed by atoms with van der Waals surface area (Å²) in [5.41, 5.74) is 0.910. The van der Waals surface area contributed by atoms with Gasteiger partial charge in [0, 0.05) is 37.2 Å². The van der Waals surface area contributed by atoms with Crippen molar-refractivity contribution >= 4 is 57.2 Å². The van der Waals surface area contributed by atoms with Crippen molar-refractivity contribution in [2.24, 2.45) is 0 Å². The number of amides is 1. The van der Waals surface area contributed by atoms with Crippen LogP contribution in [0.2, 0.25) is 10.0 Å². The monoisotopic (exact) mass is 569 g/mol. The smallest absolute Gasteiger partial charge is 0.345 e. The lowest BCUT2D eigenvalue weighted by molar-refractivity contribution is -0.172. The van der Waals surface area contributed by atoms with E-state index < -0.39 is 24.4 Å². The van der Waals surface area contributed by atoms with Crippen molar-refractivity contribution in [3.63, 3.8) is 0 Å².